The summed E-state index contributed by atoms with van der Waals surface area (Å²) in [7, 11) is 2.00. The minimum absolute atomic E-state index is 0.455. The third-order valence-electron chi connectivity index (χ3n) is 4.59. The summed E-state index contributed by atoms with van der Waals surface area (Å²) in [6.45, 7) is 7.83. The molecule has 21 heavy (non-hydrogen) atoms. The number of fused-ring (bicyclic) bond motifs is 1. The molecule has 0 aromatic carbocycles. The molecule has 0 unspecified atom stereocenters. The summed E-state index contributed by atoms with van der Waals surface area (Å²) < 4.78 is 2.21. The van der Waals surface area contributed by atoms with Gasteiger partial charge in [0, 0.05) is 25.8 Å². The fraction of sp³-hybridized carbons (Fsp3) is 0.588. The van der Waals surface area contributed by atoms with E-state index in [0.29, 0.717) is 5.41 Å². The largest absolute Gasteiger partial charge is 0.355 e. The Bertz CT molecular complexity index is 614. The highest BCUT2D eigenvalue weighted by Gasteiger charge is 2.25. The van der Waals surface area contributed by atoms with Gasteiger partial charge in [0.1, 0.15) is 5.65 Å². The smallest absolute Gasteiger partial charge is 0.152 e. The van der Waals surface area contributed by atoms with Crippen LogP contribution < -0.4 is 10.2 Å². The zero-order valence-corrected chi connectivity index (χ0v) is 13.4. The molecule has 2 aromatic rings. The van der Waals surface area contributed by atoms with Gasteiger partial charge in [-0.05, 0) is 43.9 Å². The van der Waals surface area contributed by atoms with Crippen LogP contribution in [0.5, 0.6) is 0 Å². The molecule has 0 radical (unpaired) electrons. The van der Waals surface area contributed by atoms with Crippen molar-refractivity contribution in [3.05, 3.63) is 30.1 Å². The van der Waals surface area contributed by atoms with Crippen LogP contribution in [0.1, 0.15) is 38.8 Å². The van der Waals surface area contributed by atoms with E-state index in [1.54, 1.807) is 0 Å². The molecule has 3 heterocycles. The summed E-state index contributed by atoms with van der Waals surface area (Å²) in [6, 6.07) is 6.22. The van der Waals surface area contributed by atoms with E-state index in [-0.39, 0.29) is 0 Å². The zero-order valence-electron chi connectivity index (χ0n) is 13.4. The first-order valence-electron chi connectivity index (χ1n) is 7.96. The van der Waals surface area contributed by atoms with Crippen molar-refractivity contribution < 1.29 is 0 Å². The van der Waals surface area contributed by atoms with E-state index in [2.05, 4.69) is 52.9 Å². The molecule has 4 nitrogen and oxygen atoms in total. The monoisotopic (exact) mass is 286 g/mol. The second kappa shape index (κ2) is 5.68. The molecule has 1 saturated heterocycles. The molecule has 1 fully saturated rings. The van der Waals surface area contributed by atoms with Gasteiger partial charge in [-0.25, -0.2) is 4.98 Å². The van der Waals surface area contributed by atoms with E-state index in [1.165, 1.54) is 25.0 Å². The van der Waals surface area contributed by atoms with E-state index in [0.717, 1.165) is 31.1 Å². The summed E-state index contributed by atoms with van der Waals surface area (Å²) >= 11 is 0. The van der Waals surface area contributed by atoms with Gasteiger partial charge in [-0.3, -0.25) is 0 Å². The third-order valence-corrected chi connectivity index (χ3v) is 4.59. The SMILES string of the molecule is CNCc1c(N2CCCC(C)(C)CC2)nc2ccccn12. The van der Waals surface area contributed by atoms with Crippen LogP contribution in [0.2, 0.25) is 0 Å². The quantitative estimate of drug-likeness (QED) is 0.941. The predicted octanol–water partition coefficient (Wildman–Crippen LogP) is 3.07. The standard InChI is InChI=1S/C17H26N4/c1-17(2)8-6-10-20(12-9-17)16-14(13-18-3)21-11-5-4-7-15(21)19-16/h4-5,7,11,18H,6,8-10,12-13H2,1-3H3. The van der Waals surface area contributed by atoms with Crippen LogP contribution >= 0.6 is 0 Å². The van der Waals surface area contributed by atoms with Crippen molar-refractivity contribution in [2.24, 2.45) is 5.41 Å². The molecule has 0 bridgehead atoms. The molecular weight excluding hydrogens is 260 g/mol. The van der Waals surface area contributed by atoms with Crippen LogP contribution in [0.15, 0.2) is 24.4 Å². The lowest BCUT2D eigenvalue weighted by Gasteiger charge is -2.24. The Labute approximate surface area is 127 Å². The molecule has 0 amide bonds. The number of pyridine rings is 1. The van der Waals surface area contributed by atoms with Gasteiger partial charge >= 0.3 is 0 Å². The van der Waals surface area contributed by atoms with E-state index in [9.17, 15) is 0 Å². The molecular formula is C17H26N4. The van der Waals surface area contributed by atoms with E-state index in [1.807, 2.05) is 7.05 Å². The Balaban J connectivity index is 1.97. The summed E-state index contributed by atoms with van der Waals surface area (Å²) in [6.07, 6.45) is 5.90. The number of rotatable bonds is 3. The van der Waals surface area contributed by atoms with Gasteiger partial charge in [0.25, 0.3) is 0 Å². The van der Waals surface area contributed by atoms with Gasteiger partial charge in [-0.1, -0.05) is 19.9 Å². The van der Waals surface area contributed by atoms with Gasteiger partial charge in [-0.2, -0.15) is 0 Å². The Hall–Kier alpha value is -1.55. The molecule has 0 saturated carbocycles. The summed E-state index contributed by atoms with van der Waals surface area (Å²) in [4.78, 5) is 7.37. The van der Waals surface area contributed by atoms with Gasteiger partial charge in [0.05, 0.1) is 5.69 Å². The lowest BCUT2D eigenvalue weighted by molar-refractivity contribution is 0.325. The van der Waals surface area contributed by atoms with Gasteiger partial charge in [0.2, 0.25) is 0 Å². The highest BCUT2D eigenvalue weighted by molar-refractivity contribution is 5.56. The van der Waals surface area contributed by atoms with Crippen LogP contribution in [-0.4, -0.2) is 29.5 Å². The van der Waals surface area contributed by atoms with Crippen molar-refractivity contribution in [1.29, 1.82) is 0 Å². The van der Waals surface area contributed by atoms with Gasteiger partial charge in [0.15, 0.2) is 5.82 Å². The highest BCUT2D eigenvalue weighted by Crippen LogP contribution is 2.32. The van der Waals surface area contributed by atoms with Crippen molar-refractivity contribution in [3.63, 3.8) is 0 Å². The lowest BCUT2D eigenvalue weighted by atomic mass is 9.85. The van der Waals surface area contributed by atoms with Crippen LogP contribution in [0, 0.1) is 5.41 Å². The molecule has 114 valence electrons. The van der Waals surface area contributed by atoms with Crippen molar-refractivity contribution in [3.8, 4) is 0 Å². The van der Waals surface area contributed by atoms with Crippen LogP contribution in [-0.2, 0) is 6.54 Å². The lowest BCUT2D eigenvalue weighted by Crippen LogP contribution is -2.27. The van der Waals surface area contributed by atoms with Crippen molar-refractivity contribution in [1.82, 2.24) is 14.7 Å². The Kier molecular flexibility index (Phi) is 3.89. The predicted molar refractivity (Wildman–Crippen MR) is 87.8 cm³/mol. The second-order valence-electron chi connectivity index (χ2n) is 6.85. The third kappa shape index (κ3) is 2.91. The maximum absolute atomic E-state index is 4.89. The van der Waals surface area contributed by atoms with Crippen LogP contribution in [0.3, 0.4) is 0 Å². The molecule has 4 heteroatoms. The first kappa shape index (κ1) is 14.4. The molecule has 1 aliphatic rings. The second-order valence-corrected chi connectivity index (χ2v) is 6.85. The minimum Gasteiger partial charge on any atom is -0.355 e. The van der Waals surface area contributed by atoms with Gasteiger partial charge < -0.3 is 14.6 Å². The normalized spacial score (nSPS) is 18.9. The fourth-order valence-electron chi connectivity index (χ4n) is 3.25. The number of hydrogen-bond acceptors (Lipinski definition) is 3. The summed E-state index contributed by atoms with van der Waals surface area (Å²) in [5.74, 6) is 1.16. The molecule has 3 rings (SSSR count). The average molecular weight is 286 g/mol. The van der Waals surface area contributed by atoms with E-state index >= 15 is 0 Å². The molecule has 1 aliphatic heterocycles. The maximum atomic E-state index is 4.89. The molecule has 0 spiro atoms. The molecule has 1 N–H and O–H groups in total. The van der Waals surface area contributed by atoms with Crippen LogP contribution in [0.4, 0.5) is 5.82 Å². The van der Waals surface area contributed by atoms with Gasteiger partial charge in [-0.15, -0.1) is 0 Å². The van der Waals surface area contributed by atoms with Crippen LogP contribution in [0.25, 0.3) is 5.65 Å². The summed E-state index contributed by atoms with van der Waals surface area (Å²) in [5, 5.41) is 3.29. The van der Waals surface area contributed by atoms with E-state index in [4.69, 9.17) is 4.98 Å². The van der Waals surface area contributed by atoms with Crippen molar-refractivity contribution in [2.45, 2.75) is 39.7 Å². The Morgan fingerprint density at radius 2 is 2.10 bits per heavy atom. The number of nitrogens with zero attached hydrogens (tertiary/aromatic N) is 3. The van der Waals surface area contributed by atoms with Crippen molar-refractivity contribution in [2.75, 3.05) is 25.0 Å². The van der Waals surface area contributed by atoms with Crippen molar-refractivity contribution >= 4 is 11.5 Å². The maximum Gasteiger partial charge on any atom is 0.152 e. The number of nitrogens with one attached hydrogen (secondary N) is 1. The Morgan fingerprint density at radius 1 is 1.24 bits per heavy atom. The average Bonchev–Trinajstić information content (AvgIpc) is 2.71. The first-order chi connectivity index (χ1) is 10.1. The zero-order chi connectivity index (χ0) is 14.9. The number of aromatic nitrogens is 2. The fourth-order valence-corrected chi connectivity index (χ4v) is 3.25. The molecule has 2 aromatic heterocycles. The highest BCUT2D eigenvalue weighted by atomic mass is 15.2. The number of imidazole rings is 1. The number of hydrogen-bond donors (Lipinski definition) is 1. The molecule has 0 atom stereocenters. The topological polar surface area (TPSA) is 32.6 Å². The van der Waals surface area contributed by atoms with E-state index < -0.39 is 0 Å². The molecule has 0 aliphatic carbocycles. The summed E-state index contributed by atoms with van der Waals surface area (Å²) in [5.41, 5.74) is 2.77. The number of anilines is 1. The minimum atomic E-state index is 0.455. The Morgan fingerprint density at radius 3 is 2.90 bits per heavy atom. The first-order valence-corrected chi connectivity index (χ1v) is 7.96.